The molecule has 2 aromatic rings. The Balaban J connectivity index is 0.000000333. The van der Waals surface area contributed by atoms with Gasteiger partial charge in [0.15, 0.2) is 0 Å². The number of likely N-dealkylation sites (N-methyl/N-ethyl adjacent to an activating group) is 1. The molecule has 1 atom stereocenters. The van der Waals surface area contributed by atoms with Gasteiger partial charge in [-0.1, -0.05) is 55.3 Å². The summed E-state index contributed by atoms with van der Waals surface area (Å²) in [7, 11) is 4.89. The van der Waals surface area contributed by atoms with E-state index in [9.17, 15) is 0 Å². The van der Waals surface area contributed by atoms with Crippen molar-refractivity contribution < 1.29 is 0 Å². The molecule has 0 amide bonds. The molecular formula is C16H30IN4P. The lowest BCUT2D eigenvalue weighted by Gasteiger charge is -2.28. The maximum Gasteiger partial charge on any atom is 0.104 e. The molecule has 1 aliphatic heterocycles. The van der Waals surface area contributed by atoms with Crippen LogP contribution in [0.1, 0.15) is 27.7 Å². The van der Waals surface area contributed by atoms with Gasteiger partial charge >= 0.3 is 0 Å². The van der Waals surface area contributed by atoms with Gasteiger partial charge in [0.1, 0.15) is 3.70 Å². The second kappa shape index (κ2) is 13.2. The quantitative estimate of drug-likeness (QED) is 0.496. The summed E-state index contributed by atoms with van der Waals surface area (Å²) in [5.74, 6) is 0. The first kappa shape index (κ1) is 21.8. The van der Waals surface area contributed by atoms with Crippen molar-refractivity contribution in [3.05, 3.63) is 28.0 Å². The molecule has 0 radical (unpaired) electrons. The van der Waals surface area contributed by atoms with Gasteiger partial charge in [-0.25, -0.2) is 0 Å². The van der Waals surface area contributed by atoms with Crippen molar-refractivity contribution in [1.82, 2.24) is 19.8 Å². The van der Waals surface area contributed by atoms with Gasteiger partial charge < -0.3 is 4.90 Å². The van der Waals surface area contributed by atoms with Crippen molar-refractivity contribution in [2.24, 2.45) is 0 Å². The van der Waals surface area contributed by atoms with E-state index in [0.717, 1.165) is 9.22 Å². The zero-order valence-electron chi connectivity index (χ0n) is 14.4. The Morgan fingerprint density at radius 3 is 2.09 bits per heavy atom. The number of H-pyrrole nitrogens is 1. The second-order valence-corrected chi connectivity index (χ2v) is 6.20. The molecule has 1 unspecified atom stereocenters. The highest BCUT2D eigenvalue weighted by molar-refractivity contribution is 14.1. The van der Waals surface area contributed by atoms with Gasteiger partial charge in [-0.3, -0.25) is 9.77 Å². The van der Waals surface area contributed by atoms with E-state index in [1.54, 1.807) is 0 Å². The molecular weight excluding hydrogens is 406 g/mol. The van der Waals surface area contributed by atoms with E-state index in [0.29, 0.717) is 0 Å². The topological polar surface area (TPSA) is 35.2 Å². The minimum absolute atomic E-state index is 1.03. The highest BCUT2D eigenvalue weighted by atomic mass is 127. The third-order valence-electron chi connectivity index (χ3n) is 2.95. The summed E-state index contributed by atoms with van der Waals surface area (Å²) in [6, 6.07) is 8.05. The van der Waals surface area contributed by atoms with E-state index in [-0.39, 0.29) is 0 Å². The van der Waals surface area contributed by atoms with Crippen LogP contribution in [-0.2, 0) is 0 Å². The Bertz CT molecular complexity index is 486. The highest BCUT2D eigenvalue weighted by Gasteiger charge is 2.08. The largest absolute Gasteiger partial charge is 0.304 e. The second-order valence-electron chi connectivity index (χ2n) is 4.39. The van der Waals surface area contributed by atoms with Crippen LogP contribution in [0.15, 0.2) is 24.3 Å². The summed E-state index contributed by atoms with van der Waals surface area (Å²) < 4.78 is 3.38. The number of fused-ring (bicyclic) bond motifs is 1. The lowest BCUT2D eigenvalue weighted by atomic mass is 10.3. The van der Waals surface area contributed by atoms with Gasteiger partial charge in [0.05, 0.1) is 5.52 Å². The van der Waals surface area contributed by atoms with E-state index in [1.807, 2.05) is 45.9 Å². The molecule has 3 rings (SSSR count). The molecule has 1 aromatic heterocycles. The van der Waals surface area contributed by atoms with Crippen molar-refractivity contribution in [2.75, 3.05) is 33.2 Å². The van der Waals surface area contributed by atoms with Crippen molar-refractivity contribution in [3.8, 4) is 0 Å². The smallest absolute Gasteiger partial charge is 0.104 e. The Morgan fingerprint density at radius 1 is 1.05 bits per heavy atom. The molecule has 4 nitrogen and oxygen atoms in total. The number of para-hydroxylation sites is 1. The fourth-order valence-electron chi connectivity index (χ4n) is 1.75. The van der Waals surface area contributed by atoms with Gasteiger partial charge in [0, 0.05) is 31.6 Å². The monoisotopic (exact) mass is 436 g/mol. The Hall–Kier alpha value is -0.230. The number of piperazine rings is 1. The SMILES string of the molecule is CC.CC.CN1CCN(P)CC1.Ic1[nH]nc2ccccc12. The summed E-state index contributed by atoms with van der Waals surface area (Å²) in [4.78, 5) is 2.35. The summed E-state index contributed by atoms with van der Waals surface area (Å²) in [5.41, 5.74) is 1.03. The summed E-state index contributed by atoms with van der Waals surface area (Å²) in [5, 5.41) is 8.20. The number of halogens is 1. The molecule has 0 bridgehead atoms. The molecule has 0 spiro atoms. The summed E-state index contributed by atoms with van der Waals surface area (Å²) in [6.45, 7) is 12.8. The molecule has 1 aliphatic rings. The number of nitrogens with one attached hydrogen (secondary N) is 1. The first-order valence-electron chi connectivity index (χ1n) is 7.93. The third-order valence-corrected chi connectivity index (χ3v) is 4.29. The van der Waals surface area contributed by atoms with Gasteiger partial charge in [0.2, 0.25) is 0 Å². The molecule has 0 aliphatic carbocycles. The maximum atomic E-state index is 4.09. The van der Waals surface area contributed by atoms with Crippen LogP contribution in [0, 0.1) is 3.70 Å². The number of nitrogens with zero attached hydrogens (tertiary/aromatic N) is 3. The predicted molar refractivity (Wildman–Crippen MR) is 110 cm³/mol. The van der Waals surface area contributed by atoms with E-state index in [2.05, 4.69) is 64.9 Å². The third kappa shape index (κ3) is 7.86. The molecule has 0 saturated carbocycles. The van der Waals surface area contributed by atoms with E-state index < -0.39 is 0 Å². The van der Waals surface area contributed by atoms with Crippen LogP contribution >= 0.6 is 32.0 Å². The minimum Gasteiger partial charge on any atom is -0.304 e. The Morgan fingerprint density at radius 2 is 1.59 bits per heavy atom. The van der Waals surface area contributed by atoms with Crippen molar-refractivity contribution in [2.45, 2.75) is 27.7 Å². The van der Waals surface area contributed by atoms with Crippen LogP contribution < -0.4 is 0 Å². The predicted octanol–water partition coefficient (Wildman–Crippen LogP) is 4.24. The molecule has 6 heteroatoms. The van der Waals surface area contributed by atoms with Crippen LogP contribution in [0.3, 0.4) is 0 Å². The number of hydrogen-bond acceptors (Lipinski definition) is 3. The number of aromatic amines is 1. The van der Waals surface area contributed by atoms with Crippen LogP contribution in [-0.4, -0.2) is 53.0 Å². The van der Waals surface area contributed by atoms with Crippen LogP contribution in [0.5, 0.6) is 0 Å². The fraction of sp³-hybridized carbons (Fsp3) is 0.562. The first-order chi connectivity index (χ1) is 10.7. The molecule has 2 heterocycles. The number of aromatic nitrogens is 2. The summed E-state index contributed by atoms with van der Waals surface area (Å²) >= 11 is 2.24. The molecule has 1 aromatic carbocycles. The van der Waals surface area contributed by atoms with Gasteiger partial charge in [-0.2, -0.15) is 5.10 Å². The van der Waals surface area contributed by atoms with Gasteiger partial charge in [-0.05, 0) is 35.7 Å². The molecule has 1 N–H and O–H groups in total. The molecule has 22 heavy (non-hydrogen) atoms. The van der Waals surface area contributed by atoms with Gasteiger partial charge in [-0.15, -0.1) is 0 Å². The standard InChI is InChI=1S/C7H5IN2.C5H13N2P.2C2H6/c8-7-5-3-1-2-4-6(5)9-10-7;1-6-2-4-7(8)5-3-6;2*1-2/h1-4H,(H,9,10);2-5,8H2,1H3;2*1-2H3. The van der Waals surface area contributed by atoms with E-state index in [4.69, 9.17) is 0 Å². The fourth-order valence-corrected chi connectivity index (χ4v) is 2.56. The number of rotatable bonds is 0. The molecule has 1 fully saturated rings. The van der Waals surface area contributed by atoms with Crippen molar-refractivity contribution in [3.63, 3.8) is 0 Å². The lowest BCUT2D eigenvalue weighted by molar-refractivity contribution is 0.233. The first-order valence-corrected chi connectivity index (χ1v) is 9.53. The zero-order chi connectivity index (χ0) is 17.0. The zero-order valence-corrected chi connectivity index (χ0v) is 17.7. The maximum absolute atomic E-state index is 4.09. The van der Waals surface area contributed by atoms with Crippen LogP contribution in [0.4, 0.5) is 0 Å². The summed E-state index contributed by atoms with van der Waals surface area (Å²) in [6.07, 6.45) is 0. The average Bonchev–Trinajstić information content (AvgIpc) is 2.96. The van der Waals surface area contributed by atoms with E-state index >= 15 is 0 Å². The Labute approximate surface area is 151 Å². The normalized spacial score (nSPS) is 14.9. The number of benzene rings is 1. The Kier molecular flexibility index (Phi) is 13.1. The number of hydrogen-bond donors (Lipinski definition) is 1. The average molecular weight is 436 g/mol. The van der Waals surface area contributed by atoms with Gasteiger partial charge in [0.25, 0.3) is 0 Å². The molecule has 126 valence electrons. The molecule has 1 saturated heterocycles. The van der Waals surface area contributed by atoms with Crippen molar-refractivity contribution in [1.29, 1.82) is 0 Å². The van der Waals surface area contributed by atoms with Crippen LogP contribution in [0.25, 0.3) is 10.9 Å². The lowest BCUT2D eigenvalue weighted by Crippen LogP contribution is -2.39. The highest BCUT2D eigenvalue weighted by Crippen LogP contribution is 2.15. The van der Waals surface area contributed by atoms with E-state index in [1.165, 1.54) is 31.6 Å². The van der Waals surface area contributed by atoms with Crippen molar-refractivity contribution >= 4 is 42.9 Å². The minimum atomic E-state index is 1.03. The van der Waals surface area contributed by atoms with Crippen LogP contribution in [0.2, 0.25) is 0 Å².